The normalized spacial score (nSPS) is 22.6. The molecule has 0 aromatic carbocycles. The number of pyridine rings is 1. The Bertz CT molecular complexity index is 485. The van der Waals surface area contributed by atoms with E-state index in [1.165, 1.54) is 25.5 Å². The maximum atomic E-state index is 11.1. The van der Waals surface area contributed by atoms with E-state index in [-0.39, 0.29) is 10.6 Å². The van der Waals surface area contributed by atoms with Gasteiger partial charge >= 0.3 is 5.97 Å². The zero-order valence-corrected chi connectivity index (χ0v) is 12.7. The molecule has 1 aliphatic rings. The summed E-state index contributed by atoms with van der Waals surface area (Å²) in [6.45, 7) is 2.24. The molecule has 0 unspecified atom stereocenters. The van der Waals surface area contributed by atoms with Crippen LogP contribution < -0.4 is 4.90 Å². The van der Waals surface area contributed by atoms with Crippen molar-refractivity contribution in [1.29, 1.82) is 0 Å². The number of carbonyl (C=O) groups is 1. The lowest BCUT2D eigenvalue weighted by atomic mass is 9.84. The third-order valence-electron chi connectivity index (χ3n) is 4.37. The fourth-order valence-electron chi connectivity index (χ4n) is 2.91. The van der Waals surface area contributed by atoms with Crippen molar-refractivity contribution in [1.82, 2.24) is 4.98 Å². The minimum absolute atomic E-state index is 0.116. The van der Waals surface area contributed by atoms with E-state index in [9.17, 15) is 4.79 Å². The molecule has 1 aromatic rings. The molecule has 1 saturated carbocycles. The van der Waals surface area contributed by atoms with Crippen LogP contribution in [0, 0.1) is 5.92 Å². The van der Waals surface area contributed by atoms with Crippen LogP contribution in [0.5, 0.6) is 0 Å². The number of hydrogen-bond donors (Lipinski definition) is 1. The fraction of sp³-hybridized carbons (Fsp3) is 0.600. The number of anilines is 1. The molecular weight excluding hydrogens is 276 g/mol. The number of rotatable bonds is 4. The minimum Gasteiger partial charge on any atom is -0.478 e. The summed E-state index contributed by atoms with van der Waals surface area (Å²) in [5.41, 5.74) is 0.116. The summed E-state index contributed by atoms with van der Waals surface area (Å²) in [5.74, 6) is 0.515. The first-order valence-corrected chi connectivity index (χ1v) is 7.52. The van der Waals surface area contributed by atoms with Crippen molar-refractivity contribution in [3.63, 3.8) is 0 Å². The Hall–Kier alpha value is -1.29. The largest absolute Gasteiger partial charge is 0.478 e. The number of hydrogen-bond acceptors (Lipinski definition) is 3. The van der Waals surface area contributed by atoms with Crippen molar-refractivity contribution in [3.8, 4) is 0 Å². The molecule has 0 radical (unpaired) electrons. The van der Waals surface area contributed by atoms with Gasteiger partial charge in [0.2, 0.25) is 0 Å². The third kappa shape index (κ3) is 3.23. The van der Waals surface area contributed by atoms with Crippen LogP contribution in [-0.2, 0) is 0 Å². The minimum atomic E-state index is -1.01. The molecule has 2 rings (SSSR count). The van der Waals surface area contributed by atoms with Crippen LogP contribution >= 0.6 is 11.6 Å². The summed E-state index contributed by atoms with van der Waals surface area (Å²) in [6.07, 6.45) is 7.44. The third-order valence-corrected chi connectivity index (χ3v) is 4.68. The SMILES string of the molecule is CCC1CCC(N(C)c2cc(C(=O)O)c(Cl)cn2)CC1. The Balaban J connectivity index is 2.11. The number of halogens is 1. The molecule has 0 aliphatic heterocycles. The number of carboxylic acids is 1. The average molecular weight is 297 g/mol. The zero-order chi connectivity index (χ0) is 14.7. The number of aromatic carboxylic acids is 1. The van der Waals surface area contributed by atoms with Gasteiger partial charge in [-0.05, 0) is 37.7 Å². The van der Waals surface area contributed by atoms with Crippen LogP contribution in [0.15, 0.2) is 12.3 Å². The molecule has 0 saturated heterocycles. The molecule has 0 atom stereocenters. The smallest absolute Gasteiger partial charge is 0.337 e. The Labute approximate surface area is 124 Å². The Morgan fingerprint density at radius 2 is 2.10 bits per heavy atom. The molecule has 4 nitrogen and oxygen atoms in total. The standard InChI is InChI=1S/C15H21ClN2O2/c1-3-10-4-6-11(7-5-10)18(2)14-8-12(15(19)20)13(16)9-17-14/h8-11H,3-7H2,1-2H3,(H,19,20). The Kier molecular flexibility index (Phi) is 4.86. The molecule has 1 heterocycles. The van der Waals surface area contributed by atoms with Gasteiger partial charge in [-0.15, -0.1) is 0 Å². The van der Waals surface area contributed by atoms with E-state index in [2.05, 4.69) is 16.8 Å². The summed E-state index contributed by atoms with van der Waals surface area (Å²) in [7, 11) is 1.98. The lowest BCUT2D eigenvalue weighted by Crippen LogP contribution is -2.35. The first kappa shape index (κ1) is 15.1. The van der Waals surface area contributed by atoms with E-state index in [0.29, 0.717) is 11.9 Å². The van der Waals surface area contributed by atoms with Gasteiger partial charge in [0, 0.05) is 19.3 Å². The van der Waals surface area contributed by atoms with Crippen molar-refractivity contribution in [3.05, 3.63) is 22.8 Å². The molecule has 5 heteroatoms. The van der Waals surface area contributed by atoms with E-state index < -0.39 is 5.97 Å². The van der Waals surface area contributed by atoms with Crippen LogP contribution in [0.2, 0.25) is 5.02 Å². The quantitative estimate of drug-likeness (QED) is 0.917. The van der Waals surface area contributed by atoms with Gasteiger partial charge in [-0.1, -0.05) is 24.9 Å². The number of nitrogens with zero attached hydrogens (tertiary/aromatic N) is 2. The van der Waals surface area contributed by atoms with Crippen molar-refractivity contribution in [2.24, 2.45) is 5.92 Å². The van der Waals surface area contributed by atoms with E-state index in [1.54, 1.807) is 6.07 Å². The highest BCUT2D eigenvalue weighted by Gasteiger charge is 2.24. The first-order chi connectivity index (χ1) is 9.52. The first-order valence-electron chi connectivity index (χ1n) is 7.14. The van der Waals surface area contributed by atoms with E-state index >= 15 is 0 Å². The van der Waals surface area contributed by atoms with Gasteiger partial charge in [0.15, 0.2) is 0 Å². The van der Waals surface area contributed by atoms with E-state index in [4.69, 9.17) is 16.7 Å². The second-order valence-corrected chi connectivity index (χ2v) is 5.93. The zero-order valence-electron chi connectivity index (χ0n) is 12.0. The Morgan fingerprint density at radius 1 is 1.45 bits per heavy atom. The van der Waals surface area contributed by atoms with Crippen LogP contribution in [0.1, 0.15) is 49.4 Å². The average Bonchev–Trinajstić information content (AvgIpc) is 2.47. The van der Waals surface area contributed by atoms with Crippen LogP contribution in [0.4, 0.5) is 5.82 Å². The summed E-state index contributed by atoms with van der Waals surface area (Å²) in [5, 5.41) is 9.30. The van der Waals surface area contributed by atoms with Crippen LogP contribution in [-0.4, -0.2) is 29.1 Å². The molecule has 1 aromatic heterocycles. The van der Waals surface area contributed by atoms with Crippen molar-refractivity contribution in [2.45, 2.75) is 45.1 Å². The Morgan fingerprint density at radius 3 is 2.65 bits per heavy atom. The summed E-state index contributed by atoms with van der Waals surface area (Å²) in [6, 6.07) is 2.00. The molecule has 1 fully saturated rings. The van der Waals surface area contributed by atoms with Gasteiger partial charge in [-0.3, -0.25) is 0 Å². The maximum absolute atomic E-state index is 11.1. The highest BCUT2D eigenvalue weighted by atomic mass is 35.5. The topological polar surface area (TPSA) is 53.4 Å². The number of carboxylic acid groups (broad SMARTS) is 1. The van der Waals surface area contributed by atoms with Gasteiger partial charge in [-0.25, -0.2) is 9.78 Å². The summed E-state index contributed by atoms with van der Waals surface area (Å²) < 4.78 is 0. The lowest BCUT2D eigenvalue weighted by molar-refractivity contribution is 0.0697. The highest BCUT2D eigenvalue weighted by Crippen LogP contribution is 2.31. The molecule has 0 amide bonds. The molecule has 0 bridgehead atoms. The molecule has 20 heavy (non-hydrogen) atoms. The molecule has 1 N–H and O–H groups in total. The molecule has 1 aliphatic carbocycles. The van der Waals surface area contributed by atoms with Gasteiger partial charge in [0.25, 0.3) is 0 Å². The van der Waals surface area contributed by atoms with E-state index in [0.717, 1.165) is 18.8 Å². The van der Waals surface area contributed by atoms with E-state index in [1.807, 2.05) is 7.05 Å². The van der Waals surface area contributed by atoms with Crippen molar-refractivity contribution < 1.29 is 9.90 Å². The van der Waals surface area contributed by atoms with Crippen molar-refractivity contribution in [2.75, 3.05) is 11.9 Å². The molecular formula is C15H21ClN2O2. The van der Waals surface area contributed by atoms with Crippen molar-refractivity contribution >= 4 is 23.4 Å². The summed E-state index contributed by atoms with van der Waals surface area (Å²) >= 11 is 5.86. The highest BCUT2D eigenvalue weighted by molar-refractivity contribution is 6.33. The fourth-order valence-corrected chi connectivity index (χ4v) is 3.10. The number of aromatic nitrogens is 1. The predicted molar refractivity (Wildman–Crippen MR) is 80.6 cm³/mol. The van der Waals surface area contributed by atoms with Gasteiger partial charge in [-0.2, -0.15) is 0 Å². The monoisotopic (exact) mass is 296 g/mol. The van der Waals surface area contributed by atoms with Gasteiger partial charge < -0.3 is 10.0 Å². The van der Waals surface area contributed by atoms with Gasteiger partial charge in [0.1, 0.15) is 5.82 Å². The summed E-state index contributed by atoms with van der Waals surface area (Å²) in [4.78, 5) is 17.5. The predicted octanol–water partition coefficient (Wildman–Crippen LogP) is 3.84. The second kappa shape index (κ2) is 6.44. The maximum Gasteiger partial charge on any atom is 0.337 e. The lowest BCUT2D eigenvalue weighted by Gasteiger charge is -2.35. The van der Waals surface area contributed by atoms with Crippen LogP contribution in [0.25, 0.3) is 0 Å². The second-order valence-electron chi connectivity index (χ2n) is 5.52. The molecule has 0 spiro atoms. The molecule has 110 valence electrons. The van der Waals surface area contributed by atoms with Gasteiger partial charge in [0.05, 0.1) is 10.6 Å². The van der Waals surface area contributed by atoms with Crippen LogP contribution in [0.3, 0.4) is 0 Å².